The molecule has 0 saturated carbocycles. The molecule has 1 aliphatic rings. The van der Waals surface area contributed by atoms with Gasteiger partial charge in [-0.15, -0.1) is 0 Å². The van der Waals surface area contributed by atoms with Gasteiger partial charge in [0.25, 0.3) is 0 Å². The standard InChI is InChI=1S/C24H25O2P/c1-2-21(24(25)20-12-4-3-5-13-20)27(26)22-14-8-6-10-18(22)16-17-19-11-7-9-15-23(19)27/h3-15,21,24-25H,2,16-17H2,1H3/t21-,24-/m1/s1. The maximum absolute atomic E-state index is 14.9. The molecule has 3 heteroatoms. The predicted molar refractivity (Wildman–Crippen MR) is 113 cm³/mol. The largest absolute Gasteiger partial charge is 0.388 e. The van der Waals surface area contributed by atoms with Crippen molar-refractivity contribution in [1.29, 1.82) is 0 Å². The van der Waals surface area contributed by atoms with Gasteiger partial charge in [0.1, 0.15) is 7.14 Å². The zero-order chi connectivity index (χ0) is 18.9. The van der Waals surface area contributed by atoms with Gasteiger partial charge in [-0.25, -0.2) is 0 Å². The molecule has 0 saturated heterocycles. The van der Waals surface area contributed by atoms with Gasteiger partial charge >= 0.3 is 0 Å². The monoisotopic (exact) mass is 376 g/mol. The second-order valence-electron chi connectivity index (χ2n) is 7.25. The molecule has 0 aliphatic carbocycles. The van der Waals surface area contributed by atoms with E-state index < -0.39 is 13.2 Å². The molecule has 1 aliphatic heterocycles. The van der Waals surface area contributed by atoms with E-state index in [1.807, 2.05) is 73.7 Å². The first kappa shape index (κ1) is 18.2. The zero-order valence-electron chi connectivity index (χ0n) is 15.6. The minimum atomic E-state index is -3.02. The number of aliphatic hydroxyl groups is 1. The second-order valence-corrected chi connectivity index (χ2v) is 10.2. The van der Waals surface area contributed by atoms with Crippen LogP contribution in [0.15, 0.2) is 78.9 Å². The van der Waals surface area contributed by atoms with Crippen molar-refractivity contribution in [2.45, 2.75) is 37.9 Å². The molecular weight excluding hydrogens is 351 g/mol. The fraction of sp³-hybridized carbons (Fsp3) is 0.250. The lowest BCUT2D eigenvalue weighted by molar-refractivity contribution is 0.169. The zero-order valence-corrected chi connectivity index (χ0v) is 16.5. The van der Waals surface area contributed by atoms with E-state index in [-0.39, 0.29) is 5.66 Å². The molecule has 0 aromatic heterocycles. The molecule has 0 fully saturated rings. The van der Waals surface area contributed by atoms with Crippen molar-refractivity contribution >= 4 is 17.8 Å². The summed E-state index contributed by atoms with van der Waals surface area (Å²) in [6, 6.07) is 25.8. The van der Waals surface area contributed by atoms with Crippen molar-refractivity contribution in [1.82, 2.24) is 0 Å². The van der Waals surface area contributed by atoms with Crippen LogP contribution in [0.25, 0.3) is 0 Å². The summed E-state index contributed by atoms with van der Waals surface area (Å²) < 4.78 is 14.9. The quantitative estimate of drug-likeness (QED) is 0.675. The normalized spacial score (nSPS) is 17.3. The molecule has 2 nitrogen and oxygen atoms in total. The van der Waals surface area contributed by atoms with Crippen LogP contribution in [0, 0.1) is 0 Å². The van der Waals surface area contributed by atoms with Crippen LogP contribution in [-0.4, -0.2) is 10.8 Å². The van der Waals surface area contributed by atoms with Gasteiger partial charge < -0.3 is 9.67 Å². The van der Waals surface area contributed by atoms with E-state index in [9.17, 15) is 9.67 Å². The molecule has 27 heavy (non-hydrogen) atoms. The highest BCUT2D eigenvalue weighted by atomic mass is 31.2. The van der Waals surface area contributed by atoms with Crippen LogP contribution in [-0.2, 0) is 17.4 Å². The SMILES string of the molecule is CC[C@H]([C@H](O)c1ccccc1)P1(=O)c2ccccc2CCc2ccccc21. The number of aliphatic hydroxyl groups excluding tert-OH is 1. The Morgan fingerprint density at radius 3 is 1.81 bits per heavy atom. The minimum Gasteiger partial charge on any atom is -0.388 e. The third-order valence-electron chi connectivity index (χ3n) is 5.75. The Balaban J connectivity index is 1.95. The van der Waals surface area contributed by atoms with E-state index in [0.717, 1.165) is 40.1 Å². The van der Waals surface area contributed by atoms with Crippen LogP contribution in [0.1, 0.15) is 36.1 Å². The number of aryl methyl sites for hydroxylation is 2. The summed E-state index contributed by atoms with van der Waals surface area (Å²) >= 11 is 0. The lowest BCUT2D eigenvalue weighted by Crippen LogP contribution is -2.31. The summed E-state index contributed by atoms with van der Waals surface area (Å²) in [5.41, 5.74) is 2.78. The van der Waals surface area contributed by atoms with Gasteiger partial charge in [0.2, 0.25) is 0 Å². The van der Waals surface area contributed by atoms with E-state index in [4.69, 9.17) is 0 Å². The summed E-state index contributed by atoms with van der Waals surface area (Å²) in [4.78, 5) is 0. The molecule has 0 unspecified atom stereocenters. The Hall–Kier alpha value is -2.15. The topological polar surface area (TPSA) is 37.3 Å². The van der Waals surface area contributed by atoms with Crippen LogP contribution in [0.4, 0.5) is 0 Å². The maximum atomic E-state index is 14.9. The molecule has 4 rings (SSSR count). The van der Waals surface area contributed by atoms with Gasteiger partial charge in [-0.1, -0.05) is 85.8 Å². The average Bonchev–Trinajstić information content (AvgIpc) is 2.85. The van der Waals surface area contributed by atoms with Gasteiger partial charge in [0.15, 0.2) is 0 Å². The number of hydrogen-bond acceptors (Lipinski definition) is 2. The molecule has 1 heterocycles. The Morgan fingerprint density at radius 1 is 0.815 bits per heavy atom. The fourth-order valence-electron chi connectivity index (χ4n) is 4.40. The second kappa shape index (κ2) is 7.46. The van der Waals surface area contributed by atoms with Crippen LogP contribution in [0.2, 0.25) is 0 Å². The van der Waals surface area contributed by atoms with Gasteiger partial charge in [-0.05, 0) is 36.0 Å². The number of rotatable bonds is 4. The van der Waals surface area contributed by atoms with Crippen LogP contribution >= 0.6 is 7.14 Å². The third-order valence-corrected chi connectivity index (χ3v) is 9.64. The maximum Gasteiger partial charge on any atom is 0.149 e. The van der Waals surface area contributed by atoms with E-state index in [1.165, 1.54) is 0 Å². The lowest BCUT2D eigenvalue weighted by Gasteiger charge is -2.32. The van der Waals surface area contributed by atoms with Crippen molar-refractivity contribution in [3.8, 4) is 0 Å². The van der Waals surface area contributed by atoms with Crippen molar-refractivity contribution in [3.63, 3.8) is 0 Å². The van der Waals surface area contributed by atoms with Gasteiger partial charge in [0, 0.05) is 10.6 Å². The fourth-order valence-corrected chi connectivity index (χ4v) is 8.30. The molecule has 138 valence electrons. The van der Waals surface area contributed by atoms with E-state index in [1.54, 1.807) is 0 Å². The minimum absolute atomic E-state index is 0.347. The summed E-state index contributed by atoms with van der Waals surface area (Å²) in [7, 11) is -3.02. The number of benzene rings is 3. The molecule has 0 spiro atoms. The third kappa shape index (κ3) is 3.08. The molecule has 3 aromatic rings. The van der Waals surface area contributed by atoms with Crippen LogP contribution < -0.4 is 10.6 Å². The van der Waals surface area contributed by atoms with E-state index >= 15 is 0 Å². The highest BCUT2D eigenvalue weighted by Crippen LogP contribution is 2.56. The molecule has 2 atom stereocenters. The highest BCUT2D eigenvalue weighted by molar-refractivity contribution is 7.79. The number of fused-ring (bicyclic) bond motifs is 2. The highest BCUT2D eigenvalue weighted by Gasteiger charge is 2.43. The Morgan fingerprint density at radius 2 is 1.30 bits per heavy atom. The van der Waals surface area contributed by atoms with Gasteiger partial charge in [-0.3, -0.25) is 0 Å². The molecule has 0 radical (unpaired) electrons. The van der Waals surface area contributed by atoms with Crippen molar-refractivity contribution in [2.24, 2.45) is 0 Å². The van der Waals surface area contributed by atoms with Crippen LogP contribution in [0.3, 0.4) is 0 Å². The van der Waals surface area contributed by atoms with Crippen molar-refractivity contribution in [2.75, 3.05) is 0 Å². The first-order valence-corrected chi connectivity index (χ1v) is 11.4. The molecule has 1 N–H and O–H groups in total. The molecular formula is C24H25O2P. The predicted octanol–water partition coefficient (Wildman–Crippen LogP) is 4.61. The Kier molecular flexibility index (Phi) is 5.04. The molecule has 3 aromatic carbocycles. The van der Waals surface area contributed by atoms with E-state index in [2.05, 4.69) is 12.1 Å². The van der Waals surface area contributed by atoms with Gasteiger partial charge in [0.05, 0.1) is 11.8 Å². The van der Waals surface area contributed by atoms with Crippen LogP contribution in [0.5, 0.6) is 0 Å². The summed E-state index contributed by atoms with van der Waals surface area (Å²) in [6.45, 7) is 2.03. The Labute approximate surface area is 161 Å². The van der Waals surface area contributed by atoms with Gasteiger partial charge in [-0.2, -0.15) is 0 Å². The molecule has 0 amide bonds. The average molecular weight is 376 g/mol. The molecule has 0 bridgehead atoms. The summed E-state index contributed by atoms with van der Waals surface area (Å²) in [5, 5.41) is 13.1. The Bertz CT molecular complexity index is 929. The smallest absolute Gasteiger partial charge is 0.149 e. The summed E-state index contributed by atoms with van der Waals surface area (Å²) in [5.74, 6) is 0. The van der Waals surface area contributed by atoms with Crippen molar-refractivity contribution < 1.29 is 9.67 Å². The number of hydrogen-bond donors (Lipinski definition) is 1. The first-order chi connectivity index (χ1) is 13.2. The lowest BCUT2D eigenvalue weighted by atomic mass is 10.0. The van der Waals surface area contributed by atoms with Crippen molar-refractivity contribution in [3.05, 3.63) is 95.6 Å². The first-order valence-electron chi connectivity index (χ1n) is 9.66. The van der Waals surface area contributed by atoms with E-state index in [0.29, 0.717) is 6.42 Å². The summed E-state index contributed by atoms with van der Waals surface area (Å²) in [6.07, 6.45) is 1.65.